The Morgan fingerprint density at radius 3 is 2.82 bits per heavy atom. The molecule has 0 radical (unpaired) electrons. The van der Waals surface area contributed by atoms with Gasteiger partial charge in [-0.1, -0.05) is 31.2 Å². The molecule has 1 aromatic carbocycles. The second-order valence-corrected chi connectivity index (χ2v) is 5.83. The summed E-state index contributed by atoms with van der Waals surface area (Å²) in [4.78, 5) is 1.25. The number of hydrogen-bond acceptors (Lipinski definition) is 3. The highest BCUT2D eigenvalue weighted by Gasteiger charge is 2.09. The number of nitrogens with one attached hydrogen (secondary N) is 1. The predicted octanol–water partition coefficient (Wildman–Crippen LogP) is 3.73. The second-order valence-electron chi connectivity index (χ2n) is 3.91. The molecule has 0 aliphatic carbocycles. The van der Waals surface area contributed by atoms with Crippen LogP contribution in [0.3, 0.4) is 0 Å². The second kappa shape index (κ2) is 7.93. The molecule has 0 aliphatic rings. The summed E-state index contributed by atoms with van der Waals surface area (Å²) in [6, 6.07) is 8.50. The average molecular weight is 315 g/mol. The maximum absolute atomic E-state index is 5.56. The molecule has 1 atom stereocenters. The Balaban J connectivity index is 2.48. The molecule has 1 rings (SSSR count). The van der Waals surface area contributed by atoms with Crippen LogP contribution in [0.5, 0.6) is 0 Å². The average Bonchev–Trinajstić information content (AvgIpc) is 2.35. The number of halogens is 1. The van der Waals surface area contributed by atoms with Crippen molar-refractivity contribution in [1.29, 1.82) is 0 Å². The maximum atomic E-state index is 5.56. The minimum Gasteiger partial charge on any atom is -0.271 e. The van der Waals surface area contributed by atoms with Gasteiger partial charge in [0.25, 0.3) is 0 Å². The van der Waals surface area contributed by atoms with Crippen LogP contribution in [-0.4, -0.2) is 11.8 Å². The molecule has 0 heterocycles. The topological polar surface area (TPSA) is 38.0 Å². The van der Waals surface area contributed by atoms with E-state index in [2.05, 4.69) is 47.0 Å². The van der Waals surface area contributed by atoms with Crippen molar-refractivity contribution in [1.82, 2.24) is 5.43 Å². The molecule has 0 saturated carbocycles. The van der Waals surface area contributed by atoms with Crippen molar-refractivity contribution in [3.63, 3.8) is 0 Å². The van der Waals surface area contributed by atoms with E-state index in [-0.39, 0.29) is 6.04 Å². The Hall–Kier alpha value is -0.290. The van der Waals surface area contributed by atoms with Crippen LogP contribution in [-0.2, 0) is 0 Å². The quantitative estimate of drug-likeness (QED) is 0.348. The van der Waals surface area contributed by atoms with E-state index >= 15 is 0 Å². The summed E-state index contributed by atoms with van der Waals surface area (Å²) >= 11 is 5.34. The SMILES string of the molecule is C=C(CC)CC(CSc1ccccc1Br)NN. The number of hydrogen-bond donors (Lipinski definition) is 2. The van der Waals surface area contributed by atoms with Gasteiger partial charge in [0.05, 0.1) is 0 Å². The highest BCUT2D eigenvalue weighted by Crippen LogP contribution is 2.28. The molecule has 0 aromatic heterocycles. The number of thioether (sulfide) groups is 1. The fourth-order valence-corrected chi connectivity index (χ4v) is 3.01. The Morgan fingerprint density at radius 2 is 2.24 bits per heavy atom. The summed E-state index contributed by atoms with van der Waals surface area (Å²) < 4.78 is 1.13. The molecule has 0 aliphatic heterocycles. The largest absolute Gasteiger partial charge is 0.271 e. The molecule has 0 amide bonds. The zero-order chi connectivity index (χ0) is 12.7. The summed E-state index contributed by atoms with van der Waals surface area (Å²) in [5.74, 6) is 6.50. The molecule has 4 heteroatoms. The van der Waals surface area contributed by atoms with Crippen LogP contribution in [0.4, 0.5) is 0 Å². The smallest absolute Gasteiger partial charge is 0.0341 e. The Kier molecular flexibility index (Phi) is 6.89. The molecule has 94 valence electrons. The third-order valence-corrected chi connectivity index (χ3v) is 4.74. The first-order valence-electron chi connectivity index (χ1n) is 5.67. The lowest BCUT2D eigenvalue weighted by atomic mass is 10.1. The molecule has 0 bridgehead atoms. The van der Waals surface area contributed by atoms with E-state index < -0.39 is 0 Å². The van der Waals surface area contributed by atoms with Crippen molar-refractivity contribution in [2.24, 2.45) is 5.84 Å². The third kappa shape index (κ3) is 5.25. The van der Waals surface area contributed by atoms with E-state index in [1.807, 2.05) is 12.1 Å². The third-order valence-electron chi connectivity index (χ3n) is 2.55. The highest BCUT2D eigenvalue weighted by molar-refractivity contribution is 9.10. The van der Waals surface area contributed by atoms with Gasteiger partial charge in [-0.3, -0.25) is 11.3 Å². The molecule has 3 N–H and O–H groups in total. The van der Waals surface area contributed by atoms with Crippen molar-refractivity contribution < 1.29 is 0 Å². The lowest BCUT2D eigenvalue weighted by Gasteiger charge is -2.16. The van der Waals surface area contributed by atoms with Crippen molar-refractivity contribution >= 4 is 27.7 Å². The van der Waals surface area contributed by atoms with Gasteiger partial charge in [-0.05, 0) is 40.9 Å². The summed E-state index contributed by atoms with van der Waals surface area (Å²) in [5, 5.41) is 0. The van der Waals surface area contributed by atoms with Gasteiger partial charge < -0.3 is 0 Å². The van der Waals surface area contributed by atoms with Crippen LogP contribution in [0.1, 0.15) is 19.8 Å². The van der Waals surface area contributed by atoms with Crippen LogP contribution in [0, 0.1) is 0 Å². The molecule has 0 spiro atoms. The number of rotatable bonds is 7. The molecule has 17 heavy (non-hydrogen) atoms. The van der Waals surface area contributed by atoms with E-state index in [4.69, 9.17) is 5.84 Å². The predicted molar refractivity (Wildman–Crippen MR) is 80.0 cm³/mol. The molecular weight excluding hydrogens is 296 g/mol. The summed E-state index contributed by atoms with van der Waals surface area (Å²) in [6.45, 7) is 6.14. The Labute approximate surface area is 116 Å². The Bertz CT molecular complexity index is 368. The minimum absolute atomic E-state index is 0.277. The summed E-state index contributed by atoms with van der Waals surface area (Å²) in [7, 11) is 0. The Morgan fingerprint density at radius 1 is 1.53 bits per heavy atom. The van der Waals surface area contributed by atoms with Gasteiger partial charge in [0.2, 0.25) is 0 Å². The van der Waals surface area contributed by atoms with E-state index in [0.29, 0.717) is 0 Å². The zero-order valence-electron chi connectivity index (χ0n) is 10.1. The van der Waals surface area contributed by atoms with Crippen LogP contribution in [0.25, 0.3) is 0 Å². The fourth-order valence-electron chi connectivity index (χ4n) is 1.41. The minimum atomic E-state index is 0.277. The van der Waals surface area contributed by atoms with Crippen molar-refractivity contribution in [2.75, 3.05) is 5.75 Å². The van der Waals surface area contributed by atoms with Gasteiger partial charge in [0, 0.05) is 21.2 Å². The molecule has 2 nitrogen and oxygen atoms in total. The maximum Gasteiger partial charge on any atom is 0.0341 e. The fraction of sp³-hybridized carbons (Fsp3) is 0.385. The van der Waals surface area contributed by atoms with Crippen LogP contribution in [0.2, 0.25) is 0 Å². The van der Waals surface area contributed by atoms with Crippen molar-refractivity contribution in [3.05, 3.63) is 40.9 Å². The van der Waals surface area contributed by atoms with Crippen molar-refractivity contribution in [2.45, 2.75) is 30.7 Å². The van der Waals surface area contributed by atoms with Crippen LogP contribution < -0.4 is 11.3 Å². The van der Waals surface area contributed by atoms with E-state index in [1.165, 1.54) is 10.5 Å². The van der Waals surface area contributed by atoms with Crippen LogP contribution >= 0.6 is 27.7 Å². The van der Waals surface area contributed by atoms with Gasteiger partial charge in [-0.25, -0.2) is 0 Å². The van der Waals surface area contributed by atoms with Crippen LogP contribution in [0.15, 0.2) is 45.8 Å². The lowest BCUT2D eigenvalue weighted by Crippen LogP contribution is -2.37. The standard InChI is InChI=1S/C13H19BrN2S/c1-3-10(2)8-11(16-15)9-17-13-7-5-4-6-12(13)14/h4-7,11,16H,2-3,8-9,15H2,1H3. The summed E-state index contributed by atoms with van der Waals surface area (Å²) in [6.07, 6.45) is 1.95. The first-order chi connectivity index (χ1) is 8.17. The normalized spacial score (nSPS) is 12.4. The van der Waals surface area contributed by atoms with Gasteiger partial charge in [-0.15, -0.1) is 11.8 Å². The summed E-state index contributed by atoms with van der Waals surface area (Å²) in [5.41, 5.74) is 4.10. The van der Waals surface area contributed by atoms with E-state index in [1.54, 1.807) is 11.8 Å². The lowest BCUT2D eigenvalue weighted by molar-refractivity contribution is 0.568. The molecule has 1 unspecified atom stereocenters. The zero-order valence-corrected chi connectivity index (χ0v) is 12.5. The molecule has 1 aromatic rings. The number of benzene rings is 1. The first-order valence-corrected chi connectivity index (χ1v) is 7.45. The molecular formula is C13H19BrN2S. The van der Waals surface area contributed by atoms with Gasteiger partial charge in [-0.2, -0.15) is 0 Å². The number of hydrazine groups is 1. The van der Waals surface area contributed by atoms with E-state index in [0.717, 1.165) is 23.1 Å². The van der Waals surface area contributed by atoms with Gasteiger partial charge in [0.1, 0.15) is 0 Å². The van der Waals surface area contributed by atoms with E-state index in [9.17, 15) is 0 Å². The van der Waals surface area contributed by atoms with Gasteiger partial charge >= 0.3 is 0 Å². The highest BCUT2D eigenvalue weighted by atomic mass is 79.9. The number of nitrogens with two attached hydrogens (primary N) is 1. The van der Waals surface area contributed by atoms with Crippen molar-refractivity contribution in [3.8, 4) is 0 Å². The molecule has 0 fully saturated rings. The first kappa shape index (κ1) is 14.8. The van der Waals surface area contributed by atoms with Gasteiger partial charge in [0.15, 0.2) is 0 Å². The molecule has 0 saturated heterocycles. The monoisotopic (exact) mass is 314 g/mol.